The third-order valence-electron chi connectivity index (χ3n) is 4.56. The number of carbonyl (C=O) groups excluding carboxylic acids is 2. The van der Waals surface area contributed by atoms with Crippen LogP contribution in [0.1, 0.15) is 39.0 Å². The molecule has 2 saturated carbocycles. The van der Waals surface area contributed by atoms with E-state index in [-0.39, 0.29) is 30.8 Å². The first-order valence-electron chi connectivity index (χ1n) is 6.81. The predicted octanol–water partition coefficient (Wildman–Crippen LogP) is 0.552. The van der Waals surface area contributed by atoms with Crippen LogP contribution in [0.5, 0.6) is 0 Å². The molecule has 0 radical (unpaired) electrons. The summed E-state index contributed by atoms with van der Waals surface area (Å²) in [6.45, 7) is 2.04. The van der Waals surface area contributed by atoms with Crippen molar-refractivity contribution in [2.75, 3.05) is 0 Å². The highest BCUT2D eigenvalue weighted by atomic mass is 35.5. The Morgan fingerprint density at radius 3 is 2.47 bits per heavy atom. The van der Waals surface area contributed by atoms with Crippen molar-refractivity contribution in [3.8, 4) is 0 Å². The number of amides is 2. The number of carbonyl (C=O) groups is 2. The minimum atomic E-state index is -0.816. The summed E-state index contributed by atoms with van der Waals surface area (Å²) in [6.07, 6.45) is 5.09. The Hall–Kier alpha value is -0.810. The molecule has 110 valence electrons. The van der Waals surface area contributed by atoms with Crippen molar-refractivity contribution in [3.05, 3.63) is 0 Å². The molecule has 0 heterocycles. The zero-order valence-electron chi connectivity index (χ0n) is 11.3. The van der Waals surface area contributed by atoms with E-state index in [2.05, 4.69) is 5.32 Å². The molecule has 5 unspecified atom stereocenters. The van der Waals surface area contributed by atoms with Crippen LogP contribution in [-0.2, 0) is 9.59 Å². The molecule has 5 nitrogen and oxygen atoms in total. The van der Waals surface area contributed by atoms with Gasteiger partial charge in [-0.05, 0) is 43.9 Å². The lowest BCUT2D eigenvalue weighted by atomic mass is 9.84. The Bertz CT molecular complexity index is 351. The molecule has 0 aliphatic heterocycles. The van der Waals surface area contributed by atoms with E-state index in [1.165, 1.54) is 25.7 Å². The van der Waals surface area contributed by atoms with E-state index in [0.717, 1.165) is 11.8 Å². The van der Waals surface area contributed by atoms with Crippen molar-refractivity contribution < 1.29 is 9.59 Å². The van der Waals surface area contributed by atoms with Gasteiger partial charge in [-0.3, -0.25) is 9.59 Å². The van der Waals surface area contributed by atoms with Crippen molar-refractivity contribution in [2.45, 2.75) is 51.1 Å². The summed E-state index contributed by atoms with van der Waals surface area (Å²) >= 11 is 0. The largest absolute Gasteiger partial charge is 0.370 e. The van der Waals surface area contributed by atoms with Gasteiger partial charge in [0.05, 0.1) is 12.5 Å². The first-order valence-corrected chi connectivity index (χ1v) is 6.81. The van der Waals surface area contributed by atoms with Gasteiger partial charge in [-0.2, -0.15) is 0 Å². The summed E-state index contributed by atoms with van der Waals surface area (Å²) in [5.41, 5.74) is 10.7. The SMILES string of the molecule is CC(NC(=O)C(N)CC(N)=O)C1CC2CCC1C2.Cl. The first-order chi connectivity index (χ1) is 8.47. The van der Waals surface area contributed by atoms with Crippen LogP contribution in [0.25, 0.3) is 0 Å². The van der Waals surface area contributed by atoms with Gasteiger partial charge in [0.15, 0.2) is 0 Å². The first kappa shape index (κ1) is 16.2. The van der Waals surface area contributed by atoms with Crippen molar-refractivity contribution in [1.82, 2.24) is 5.32 Å². The Balaban J connectivity index is 0.00000180. The zero-order chi connectivity index (χ0) is 13.3. The minimum Gasteiger partial charge on any atom is -0.370 e. The molecule has 0 aromatic carbocycles. The number of nitrogens with one attached hydrogen (secondary N) is 1. The van der Waals surface area contributed by atoms with Crippen molar-refractivity contribution >= 4 is 24.2 Å². The quantitative estimate of drug-likeness (QED) is 0.689. The molecular weight excluding hydrogens is 266 g/mol. The number of hydrogen-bond acceptors (Lipinski definition) is 3. The molecule has 2 aliphatic carbocycles. The highest BCUT2D eigenvalue weighted by Gasteiger charge is 2.42. The molecule has 6 heteroatoms. The summed E-state index contributed by atoms with van der Waals surface area (Å²) in [5, 5.41) is 2.94. The normalized spacial score (nSPS) is 31.4. The minimum absolute atomic E-state index is 0. The predicted molar refractivity (Wildman–Crippen MR) is 75.6 cm³/mol. The molecule has 2 fully saturated rings. The zero-order valence-corrected chi connectivity index (χ0v) is 12.1. The molecule has 5 atom stereocenters. The van der Waals surface area contributed by atoms with Gasteiger partial charge < -0.3 is 16.8 Å². The van der Waals surface area contributed by atoms with Gasteiger partial charge in [0.2, 0.25) is 11.8 Å². The summed E-state index contributed by atoms with van der Waals surface area (Å²) in [7, 11) is 0. The van der Waals surface area contributed by atoms with Gasteiger partial charge in [0.1, 0.15) is 0 Å². The van der Waals surface area contributed by atoms with Crippen molar-refractivity contribution in [1.29, 1.82) is 0 Å². The average molecular weight is 290 g/mol. The van der Waals surface area contributed by atoms with Crippen LogP contribution >= 0.6 is 12.4 Å². The Morgan fingerprint density at radius 1 is 1.32 bits per heavy atom. The molecule has 5 N–H and O–H groups in total. The standard InChI is InChI=1S/C13H23N3O2.ClH/c1-7(10-5-8-2-3-9(10)4-8)16-13(18)11(14)6-12(15)17;/h7-11H,2-6,14H2,1H3,(H2,15,17)(H,16,18);1H. The summed E-state index contributed by atoms with van der Waals surface area (Å²) in [6, 6.07) is -0.671. The molecule has 2 aliphatic rings. The Labute approximate surface area is 120 Å². The van der Waals surface area contributed by atoms with Crippen LogP contribution in [0.4, 0.5) is 0 Å². The summed E-state index contributed by atoms with van der Waals surface area (Å²) in [5.74, 6) is 1.40. The van der Waals surface area contributed by atoms with Crippen LogP contribution in [0.3, 0.4) is 0 Å². The monoisotopic (exact) mass is 289 g/mol. The highest BCUT2D eigenvalue weighted by Crippen LogP contribution is 2.49. The number of halogens is 1. The molecule has 0 aromatic rings. The van der Waals surface area contributed by atoms with Crippen LogP contribution in [-0.4, -0.2) is 23.9 Å². The molecule has 0 aromatic heterocycles. The van der Waals surface area contributed by atoms with Crippen LogP contribution in [0, 0.1) is 17.8 Å². The fraction of sp³-hybridized carbons (Fsp3) is 0.846. The lowest BCUT2D eigenvalue weighted by molar-refractivity contribution is -0.127. The molecule has 2 rings (SSSR count). The fourth-order valence-corrected chi connectivity index (χ4v) is 3.65. The molecular formula is C13H24ClN3O2. The summed E-state index contributed by atoms with van der Waals surface area (Å²) < 4.78 is 0. The number of nitrogens with two attached hydrogens (primary N) is 2. The van der Waals surface area contributed by atoms with E-state index in [1.54, 1.807) is 0 Å². The van der Waals surface area contributed by atoms with Gasteiger partial charge >= 0.3 is 0 Å². The van der Waals surface area contributed by atoms with Gasteiger partial charge in [-0.1, -0.05) is 6.42 Å². The lowest BCUT2D eigenvalue weighted by Crippen LogP contribution is -2.48. The van der Waals surface area contributed by atoms with Crippen molar-refractivity contribution in [2.24, 2.45) is 29.2 Å². The third kappa shape index (κ3) is 3.83. The molecule has 0 spiro atoms. The molecule has 2 bridgehead atoms. The van der Waals surface area contributed by atoms with Crippen molar-refractivity contribution in [3.63, 3.8) is 0 Å². The van der Waals surface area contributed by atoms with Crippen LogP contribution in [0.15, 0.2) is 0 Å². The second-order valence-electron chi connectivity index (χ2n) is 5.91. The maximum absolute atomic E-state index is 11.8. The van der Waals surface area contributed by atoms with E-state index in [0.29, 0.717) is 5.92 Å². The Kier molecular flexibility index (Phi) is 5.62. The second-order valence-corrected chi connectivity index (χ2v) is 5.91. The topological polar surface area (TPSA) is 98.2 Å². The van der Waals surface area contributed by atoms with Gasteiger partial charge in [0.25, 0.3) is 0 Å². The van der Waals surface area contributed by atoms with E-state index in [4.69, 9.17) is 11.5 Å². The van der Waals surface area contributed by atoms with E-state index in [1.807, 2.05) is 6.92 Å². The molecule has 2 amide bonds. The molecule has 0 saturated heterocycles. The van der Waals surface area contributed by atoms with E-state index in [9.17, 15) is 9.59 Å². The number of primary amides is 1. The number of rotatable bonds is 5. The number of fused-ring (bicyclic) bond motifs is 2. The fourth-order valence-electron chi connectivity index (χ4n) is 3.65. The van der Waals surface area contributed by atoms with Gasteiger partial charge in [0, 0.05) is 6.04 Å². The maximum Gasteiger partial charge on any atom is 0.237 e. The van der Waals surface area contributed by atoms with Gasteiger partial charge in [-0.15, -0.1) is 12.4 Å². The van der Waals surface area contributed by atoms with Crippen LogP contribution in [0.2, 0.25) is 0 Å². The number of hydrogen-bond donors (Lipinski definition) is 3. The average Bonchev–Trinajstić information content (AvgIpc) is 2.89. The van der Waals surface area contributed by atoms with E-state index >= 15 is 0 Å². The maximum atomic E-state index is 11.8. The van der Waals surface area contributed by atoms with Gasteiger partial charge in [-0.25, -0.2) is 0 Å². The lowest BCUT2D eigenvalue weighted by Gasteiger charge is -2.29. The Morgan fingerprint density at radius 2 is 2.00 bits per heavy atom. The second kappa shape index (κ2) is 6.57. The summed E-state index contributed by atoms with van der Waals surface area (Å²) in [4.78, 5) is 22.5. The van der Waals surface area contributed by atoms with E-state index < -0.39 is 11.9 Å². The molecule has 19 heavy (non-hydrogen) atoms. The third-order valence-corrected chi connectivity index (χ3v) is 4.56. The smallest absolute Gasteiger partial charge is 0.237 e. The highest BCUT2D eigenvalue weighted by molar-refractivity contribution is 5.87. The van der Waals surface area contributed by atoms with Crippen LogP contribution < -0.4 is 16.8 Å².